The van der Waals surface area contributed by atoms with Gasteiger partial charge in [0.05, 0.1) is 12.0 Å². The van der Waals surface area contributed by atoms with Crippen molar-refractivity contribution in [2.45, 2.75) is 64.5 Å². The molecule has 4 heteroatoms. The number of hydrogen-bond donors (Lipinski definition) is 0. The summed E-state index contributed by atoms with van der Waals surface area (Å²) in [6.45, 7) is 5.38. The molecule has 0 aliphatic heterocycles. The maximum atomic E-state index is 13.0. The average molecular weight is 291 g/mol. The number of likely N-dealkylation sites (N-methyl/N-ethyl adjacent to an activating group) is 1. The number of imidazole rings is 1. The predicted octanol–water partition coefficient (Wildman–Crippen LogP) is 2.92. The van der Waals surface area contributed by atoms with Crippen molar-refractivity contribution in [2.24, 2.45) is 5.92 Å². The van der Waals surface area contributed by atoms with E-state index in [1.807, 2.05) is 26.5 Å². The first-order chi connectivity index (χ1) is 9.99. The topological polar surface area (TPSA) is 38.1 Å². The summed E-state index contributed by atoms with van der Waals surface area (Å²) in [4.78, 5) is 19.5. The van der Waals surface area contributed by atoms with Gasteiger partial charge in [0.15, 0.2) is 5.78 Å². The van der Waals surface area contributed by atoms with Crippen LogP contribution in [0.4, 0.5) is 0 Å². The smallest absolute Gasteiger partial charge is 0.160 e. The highest BCUT2D eigenvalue weighted by molar-refractivity contribution is 5.89. The molecular formula is C17H29N3O. The van der Waals surface area contributed by atoms with Crippen LogP contribution in [0.1, 0.15) is 51.8 Å². The van der Waals surface area contributed by atoms with E-state index in [-0.39, 0.29) is 5.54 Å². The van der Waals surface area contributed by atoms with Gasteiger partial charge in [-0.05, 0) is 52.1 Å². The molecule has 21 heavy (non-hydrogen) atoms. The lowest BCUT2D eigenvalue weighted by Crippen LogP contribution is -2.54. The molecule has 2 rings (SSSR count). The zero-order valence-corrected chi connectivity index (χ0v) is 13.9. The maximum Gasteiger partial charge on any atom is 0.160 e. The fraction of sp³-hybridized carbons (Fsp3) is 0.765. The molecule has 4 nitrogen and oxygen atoms in total. The van der Waals surface area contributed by atoms with Crippen LogP contribution in [-0.4, -0.2) is 39.9 Å². The van der Waals surface area contributed by atoms with E-state index in [2.05, 4.69) is 28.3 Å². The number of nitrogens with zero attached hydrogens (tertiary/aromatic N) is 3. The second-order valence-corrected chi connectivity index (χ2v) is 6.75. The standard InChI is InChI=1S/C17H29N3O/c1-5-11-20-12-10-18-16(20)13-15(21)17(19(3)4)8-6-14(2)7-9-17/h10,12,14H,5-9,11,13H2,1-4H3. The molecule has 0 bridgehead atoms. The molecule has 0 spiro atoms. The molecule has 0 saturated heterocycles. The van der Waals surface area contributed by atoms with Gasteiger partial charge in [-0.15, -0.1) is 0 Å². The van der Waals surface area contributed by atoms with Crippen LogP contribution in [0.25, 0.3) is 0 Å². The molecule has 0 unspecified atom stereocenters. The summed E-state index contributed by atoms with van der Waals surface area (Å²) in [7, 11) is 4.10. The SMILES string of the molecule is CCCn1ccnc1CC(=O)C1(N(C)C)CCC(C)CC1. The number of hydrogen-bond acceptors (Lipinski definition) is 3. The minimum atomic E-state index is -0.282. The summed E-state index contributed by atoms with van der Waals surface area (Å²) >= 11 is 0. The van der Waals surface area contributed by atoms with Gasteiger partial charge in [-0.1, -0.05) is 13.8 Å². The van der Waals surface area contributed by atoms with Crippen LogP contribution in [-0.2, 0) is 17.8 Å². The number of ketones is 1. The Bertz CT molecular complexity index is 470. The second kappa shape index (κ2) is 6.73. The minimum absolute atomic E-state index is 0.282. The number of aryl methyl sites for hydroxylation is 1. The van der Waals surface area contributed by atoms with Crippen LogP contribution in [0.5, 0.6) is 0 Å². The fourth-order valence-electron chi connectivity index (χ4n) is 3.48. The normalized spacial score (nSPS) is 26.2. The highest BCUT2D eigenvalue weighted by atomic mass is 16.1. The first-order valence-electron chi connectivity index (χ1n) is 8.20. The first-order valence-corrected chi connectivity index (χ1v) is 8.20. The molecule has 1 aromatic rings. The van der Waals surface area contributed by atoms with E-state index in [1.54, 1.807) is 0 Å². The quantitative estimate of drug-likeness (QED) is 0.809. The first kappa shape index (κ1) is 16.2. The lowest BCUT2D eigenvalue weighted by molar-refractivity contribution is -0.131. The molecule has 1 heterocycles. The van der Waals surface area contributed by atoms with Gasteiger partial charge in [-0.3, -0.25) is 9.69 Å². The zero-order valence-electron chi connectivity index (χ0n) is 13.9. The molecule has 0 atom stereocenters. The predicted molar refractivity (Wildman–Crippen MR) is 85.3 cm³/mol. The summed E-state index contributed by atoms with van der Waals surface area (Å²) < 4.78 is 2.12. The molecule has 1 fully saturated rings. The maximum absolute atomic E-state index is 13.0. The molecule has 0 N–H and O–H groups in total. The monoisotopic (exact) mass is 291 g/mol. The van der Waals surface area contributed by atoms with Crippen molar-refractivity contribution in [3.8, 4) is 0 Å². The van der Waals surface area contributed by atoms with Gasteiger partial charge in [0, 0.05) is 18.9 Å². The molecule has 1 aliphatic carbocycles. The Morgan fingerprint density at radius 1 is 1.43 bits per heavy atom. The van der Waals surface area contributed by atoms with Crippen molar-refractivity contribution in [3.63, 3.8) is 0 Å². The zero-order chi connectivity index (χ0) is 15.5. The van der Waals surface area contributed by atoms with Crippen LogP contribution < -0.4 is 0 Å². The lowest BCUT2D eigenvalue weighted by atomic mass is 9.73. The van der Waals surface area contributed by atoms with Crippen molar-refractivity contribution in [1.82, 2.24) is 14.5 Å². The summed E-state index contributed by atoms with van der Waals surface area (Å²) in [5.74, 6) is 2.00. The number of aromatic nitrogens is 2. The molecule has 0 amide bonds. The van der Waals surface area contributed by atoms with Crippen molar-refractivity contribution in [3.05, 3.63) is 18.2 Å². The fourth-order valence-corrected chi connectivity index (χ4v) is 3.48. The molecule has 0 aromatic carbocycles. The highest BCUT2D eigenvalue weighted by Crippen LogP contribution is 2.36. The van der Waals surface area contributed by atoms with Crippen LogP contribution >= 0.6 is 0 Å². The largest absolute Gasteiger partial charge is 0.335 e. The third-order valence-electron chi connectivity index (χ3n) is 5.06. The molecule has 1 saturated carbocycles. The van der Waals surface area contributed by atoms with Gasteiger partial charge < -0.3 is 4.57 Å². The number of carbonyl (C=O) groups excluding carboxylic acids is 1. The van der Waals surface area contributed by atoms with Crippen LogP contribution in [0.2, 0.25) is 0 Å². The van der Waals surface area contributed by atoms with E-state index in [9.17, 15) is 4.79 Å². The molecule has 118 valence electrons. The Labute approximate surface area is 128 Å². The molecular weight excluding hydrogens is 262 g/mol. The average Bonchev–Trinajstić information content (AvgIpc) is 2.87. The van der Waals surface area contributed by atoms with Gasteiger partial charge in [-0.25, -0.2) is 4.98 Å². The summed E-state index contributed by atoms with van der Waals surface area (Å²) in [5.41, 5.74) is -0.282. The number of rotatable bonds is 6. The third kappa shape index (κ3) is 3.37. The van der Waals surface area contributed by atoms with E-state index < -0.39 is 0 Å². The van der Waals surface area contributed by atoms with E-state index in [1.165, 1.54) is 0 Å². The van der Waals surface area contributed by atoms with Crippen molar-refractivity contribution in [2.75, 3.05) is 14.1 Å². The van der Waals surface area contributed by atoms with Crippen LogP contribution in [0.15, 0.2) is 12.4 Å². The van der Waals surface area contributed by atoms with Crippen LogP contribution in [0.3, 0.4) is 0 Å². The number of Topliss-reactive ketones (excluding diaryl/α,β-unsaturated/α-hetero) is 1. The molecule has 0 radical (unpaired) electrons. The summed E-state index contributed by atoms with van der Waals surface area (Å²) in [6.07, 6.45) is 9.57. The molecule has 1 aromatic heterocycles. The van der Waals surface area contributed by atoms with E-state index in [0.29, 0.717) is 12.2 Å². The Morgan fingerprint density at radius 3 is 2.67 bits per heavy atom. The van der Waals surface area contributed by atoms with Gasteiger partial charge in [0.1, 0.15) is 5.82 Å². The van der Waals surface area contributed by atoms with Crippen LogP contribution in [0, 0.1) is 5.92 Å². The van der Waals surface area contributed by atoms with Gasteiger partial charge in [-0.2, -0.15) is 0 Å². The number of carbonyl (C=O) groups is 1. The van der Waals surface area contributed by atoms with Crippen molar-refractivity contribution in [1.29, 1.82) is 0 Å². The van der Waals surface area contributed by atoms with E-state index >= 15 is 0 Å². The lowest BCUT2D eigenvalue weighted by Gasteiger charge is -2.43. The van der Waals surface area contributed by atoms with Gasteiger partial charge >= 0.3 is 0 Å². The Morgan fingerprint density at radius 2 is 2.10 bits per heavy atom. The molecule has 1 aliphatic rings. The Hall–Kier alpha value is -1.16. The minimum Gasteiger partial charge on any atom is -0.335 e. The third-order valence-corrected chi connectivity index (χ3v) is 5.06. The Kier molecular flexibility index (Phi) is 5.20. The summed E-state index contributed by atoms with van der Waals surface area (Å²) in [5, 5.41) is 0. The Balaban J connectivity index is 2.14. The van der Waals surface area contributed by atoms with Gasteiger partial charge in [0.2, 0.25) is 0 Å². The van der Waals surface area contributed by atoms with E-state index in [0.717, 1.165) is 50.4 Å². The second-order valence-electron chi connectivity index (χ2n) is 6.75. The van der Waals surface area contributed by atoms with Gasteiger partial charge in [0.25, 0.3) is 0 Å². The highest BCUT2D eigenvalue weighted by Gasteiger charge is 2.42. The van der Waals surface area contributed by atoms with E-state index in [4.69, 9.17) is 0 Å². The van der Waals surface area contributed by atoms with Crippen molar-refractivity contribution < 1.29 is 4.79 Å². The van der Waals surface area contributed by atoms with Crippen molar-refractivity contribution >= 4 is 5.78 Å². The summed E-state index contributed by atoms with van der Waals surface area (Å²) in [6, 6.07) is 0.